The lowest BCUT2D eigenvalue weighted by Gasteiger charge is -1.98. The lowest BCUT2D eigenvalue weighted by molar-refractivity contribution is 0.0697. The molecule has 6 heteroatoms. The zero-order chi connectivity index (χ0) is 14.1. The molecule has 0 radical (unpaired) electrons. The third-order valence-corrected chi connectivity index (χ3v) is 2.85. The molecule has 0 atom stereocenters. The van der Waals surface area contributed by atoms with Crippen molar-refractivity contribution in [3.63, 3.8) is 0 Å². The first-order valence-corrected chi connectivity index (χ1v) is 5.95. The highest BCUT2D eigenvalue weighted by Crippen LogP contribution is 2.25. The molecule has 0 fully saturated rings. The van der Waals surface area contributed by atoms with Gasteiger partial charge < -0.3 is 9.52 Å². The van der Waals surface area contributed by atoms with Crippen molar-refractivity contribution >= 4 is 5.97 Å². The molecule has 0 spiro atoms. The first-order chi connectivity index (χ1) is 9.65. The summed E-state index contributed by atoms with van der Waals surface area (Å²) >= 11 is 0. The molecule has 3 aromatic rings. The Morgan fingerprint density at radius 2 is 2.00 bits per heavy atom. The highest BCUT2D eigenvalue weighted by Gasteiger charge is 2.20. The molecule has 3 heterocycles. The summed E-state index contributed by atoms with van der Waals surface area (Å²) in [6, 6.07) is 6.97. The van der Waals surface area contributed by atoms with Crippen LogP contribution < -0.4 is 0 Å². The van der Waals surface area contributed by atoms with E-state index in [1.807, 2.05) is 0 Å². The molecule has 0 unspecified atom stereocenters. The summed E-state index contributed by atoms with van der Waals surface area (Å²) in [4.78, 5) is 15.3. The Labute approximate surface area is 114 Å². The van der Waals surface area contributed by atoms with Crippen molar-refractivity contribution in [3.8, 4) is 17.1 Å². The van der Waals surface area contributed by atoms with Gasteiger partial charge in [-0.25, -0.2) is 9.48 Å². The number of nitrogens with zero attached hydrogens (tertiary/aromatic N) is 3. The molecule has 100 valence electrons. The van der Waals surface area contributed by atoms with E-state index in [1.165, 1.54) is 10.9 Å². The fourth-order valence-corrected chi connectivity index (χ4v) is 1.90. The Kier molecular flexibility index (Phi) is 2.83. The van der Waals surface area contributed by atoms with Crippen molar-refractivity contribution in [2.24, 2.45) is 0 Å². The number of aromatic nitrogens is 3. The highest BCUT2D eigenvalue weighted by atomic mass is 16.4. The predicted molar refractivity (Wildman–Crippen MR) is 70.8 cm³/mol. The minimum absolute atomic E-state index is 0.0937. The Balaban J connectivity index is 2.15. The van der Waals surface area contributed by atoms with Crippen LogP contribution in [0.3, 0.4) is 0 Å². The Bertz CT molecular complexity index is 759. The number of aromatic carboxylic acids is 1. The fraction of sp³-hybridized carbons (Fsp3) is 0.0714. The monoisotopic (exact) mass is 269 g/mol. The van der Waals surface area contributed by atoms with Gasteiger partial charge in [0.1, 0.15) is 17.0 Å². The van der Waals surface area contributed by atoms with Crippen molar-refractivity contribution in [3.05, 3.63) is 54.2 Å². The van der Waals surface area contributed by atoms with Crippen LogP contribution in [0.25, 0.3) is 17.1 Å². The Morgan fingerprint density at radius 1 is 1.25 bits per heavy atom. The third kappa shape index (κ3) is 2.07. The molecule has 0 saturated heterocycles. The topological polar surface area (TPSA) is 81.2 Å². The molecule has 1 N–H and O–H groups in total. The van der Waals surface area contributed by atoms with Gasteiger partial charge in [-0.1, -0.05) is 0 Å². The van der Waals surface area contributed by atoms with Crippen LogP contribution in [0.15, 0.2) is 47.3 Å². The summed E-state index contributed by atoms with van der Waals surface area (Å²) in [7, 11) is 0. The summed E-state index contributed by atoms with van der Waals surface area (Å²) in [5.41, 5.74) is 1.13. The molecular weight excluding hydrogens is 258 g/mol. The lowest BCUT2D eigenvalue weighted by Crippen LogP contribution is -1.96. The van der Waals surface area contributed by atoms with E-state index in [-0.39, 0.29) is 5.56 Å². The number of pyridine rings is 1. The molecule has 0 saturated carbocycles. The number of hydrogen-bond acceptors (Lipinski definition) is 4. The van der Waals surface area contributed by atoms with E-state index >= 15 is 0 Å². The van der Waals surface area contributed by atoms with Gasteiger partial charge in [-0.2, -0.15) is 5.10 Å². The van der Waals surface area contributed by atoms with Crippen LogP contribution in [-0.2, 0) is 0 Å². The third-order valence-electron chi connectivity index (χ3n) is 2.85. The number of hydrogen-bond donors (Lipinski definition) is 1. The van der Waals surface area contributed by atoms with Gasteiger partial charge in [-0.15, -0.1) is 0 Å². The molecule has 6 nitrogen and oxygen atoms in total. The second-order valence-corrected chi connectivity index (χ2v) is 4.26. The van der Waals surface area contributed by atoms with Crippen LogP contribution in [0.5, 0.6) is 0 Å². The largest absolute Gasteiger partial charge is 0.478 e. The van der Waals surface area contributed by atoms with E-state index in [2.05, 4.69) is 10.1 Å². The van der Waals surface area contributed by atoms with E-state index in [1.54, 1.807) is 43.6 Å². The van der Waals surface area contributed by atoms with E-state index in [0.717, 1.165) is 5.69 Å². The molecule has 3 rings (SSSR count). The van der Waals surface area contributed by atoms with Crippen molar-refractivity contribution in [2.75, 3.05) is 0 Å². The minimum atomic E-state index is -1.05. The summed E-state index contributed by atoms with van der Waals surface area (Å²) in [5.74, 6) is 0.0943. The quantitative estimate of drug-likeness (QED) is 0.790. The number of carbonyl (C=O) groups is 1. The summed E-state index contributed by atoms with van der Waals surface area (Å²) in [5, 5.41) is 13.6. The van der Waals surface area contributed by atoms with Crippen LogP contribution in [0.2, 0.25) is 0 Å². The number of carboxylic acid groups (broad SMARTS) is 1. The molecule has 0 aliphatic carbocycles. The van der Waals surface area contributed by atoms with Crippen molar-refractivity contribution in [1.82, 2.24) is 14.8 Å². The van der Waals surface area contributed by atoms with Gasteiger partial charge >= 0.3 is 5.97 Å². The zero-order valence-corrected chi connectivity index (χ0v) is 10.6. The number of furan rings is 1. The average Bonchev–Trinajstić information content (AvgIpc) is 3.05. The Morgan fingerprint density at radius 3 is 2.60 bits per heavy atom. The smallest absolute Gasteiger partial charge is 0.339 e. The normalized spacial score (nSPS) is 10.7. The first-order valence-electron chi connectivity index (χ1n) is 5.95. The van der Waals surface area contributed by atoms with E-state index in [0.29, 0.717) is 17.2 Å². The molecule has 0 aliphatic rings. The molecule has 3 aromatic heterocycles. The second kappa shape index (κ2) is 4.65. The van der Waals surface area contributed by atoms with E-state index in [9.17, 15) is 9.90 Å². The standard InChI is InChI=1S/C14H11N3O3/c1-9-2-3-12(20-9)13-11(14(18)19)8-17(16-13)10-4-6-15-7-5-10/h2-8H,1H3,(H,18,19). The summed E-state index contributed by atoms with van der Waals surface area (Å²) < 4.78 is 6.96. The SMILES string of the molecule is Cc1ccc(-c2nn(-c3ccncc3)cc2C(=O)O)o1. The van der Waals surface area contributed by atoms with Gasteiger partial charge in [-0.3, -0.25) is 4.98 Å². The number of carboxylic acids is 1. The number of aryl methyl sites for hydroxylation is 1. The Hall–Kier alpha value is -2.89. The minimum Gasteiger partial charge on any atom is -0.478 e. The average molecular weight is 269 g/mol. The van der Waals surface area contributed by atoms with Gasteiger partial charge in [0.2, 0.25) is 0 Å². The van der Waals surface area contributed by atoms with Gasteiger partial charge in [-0.05, 0) is 31.2 Å². The molecular formula is C14H11N3O3. The molecule has 0 aromatic carbocycles. The highest BCUT2D eigenvalue weighted by molar-refractivity contribution is 5.94. The maximum atomic E-state index is 11.3. The molecule has 0 aliphatic heterocycles. The lowest BCUT2D eigenvalue weighted by atomic mass is 10.2. The van der Waals surface area contributed by atoms with Crippen LogP contribution in [-0.4, -0.2) is 25.8 Å². The van der Waals surface area contributed by atoms with Crippen molar-refractivity contribution in [2.45, 2.75) is 6.92 Å². The fourth-order valence-electron chi connectivity index (χ4n) is 1.90. The van der Waals surface area contributed by atoms with Gasteiger partial charge in [0.05, 0.1) is 5.69 Å². The first kappa shape index (κ1) is 12.2. The zero-order valence-electron chi connectivity index (χ0n) is 10.6. The van der Waals surface area contributed by atoms with Crippen LogP contribution in [0.4, 0.5) is 0 Å². The van der Waals surface area contributed by atoms with Crippen LogP contribution in [0.1, 0.15) is 16.1 Å². The van der Waals surface area contributed by atoms with Crippen LogP contribution in [0, 0.1) is 6.92 Å². The van der Waals surface area contributed by atoms with Crippen LogP contribution >= 0.6 is 0 Å². The molecule has 20 heavy (non-hydrogen) atoms. The maximum absolute atomic E-state index is 11.3. The predicted octanol–water partition coefficient (Wildman–Crippen LogP) is 2.53. The van der Waals surface area contributed by atoms with E-state index in [4.69, 9.17) is 4.42 Å². The number of rotatable bonds is 3. The second-order valence-electron chi connectivity index (χ2n) is 4.26. The van der Waals surface area contributed by atoms with Gasteiger partial charge in [0.15, 0.2) is 5.76 Å². The molecule has 0 amide bonds. The van der Waals surface area contributed by atoms with Crippen molar-refractivity contribution < 1.29 is 14.3 Å². The molecule has 0 bridgehead atoms. The maximum Gasteiger partial charge on any atom is 0.339 e. The van der Waals surface area contributed by atoms with E-state index < -0.39 is 5.97 Å². The van der Waals surface area contributed by atoms with Crippen molar-refractivity contribution in [1.29, 1.82) is 0 Å². The summed E-state index contributed by atoms with van der Waals surface area (Å²) in [6.07, 6.45) is 4.70. The van der Waals surface area contributed by atoms with Gasteiger partial charge in [0.25, 0.3) is 0 Å². The summed E-state index contributed by atoms with van der Waals surface area (Å²) in [6.45, 7) is 1.80. The van der Waals surface area contributed by atoms with Gasteiger partial charge in [0, 0.05) is 18.6 Å².